The van der Waals surface area contributed by atoms with Gasteiger partial charge in [0, 0.05) is 23.8 Å². The highest BCUT2D eigenvalue weighted by molar-refractivity contribution is 5.79. The number of benzene rings is 1. The maximum Gasteiger partial charge on any atom is 0.416 e. The van der Waals surface area contributed by atoms with Gasteiger partial charge in [0.15, 0.2) is 0 Å². The van der Waals surface area contributed by atoms with Crippen molar-refractivity contribution in [1.29, 1.82) is 0 Å². The van der Waals surface area contributed by atoms with Crippen LogP contribution in [0.25, 0.3) is 0 Å². The number of aromatic nitrogens is 2. The van der Waals surface area contributed by atoms with Gasteiger partial charge in [0.05, 0.1) is 12.0 Å². The summed E-state index contributed by atoms with van der Waals surface area (Å²) in [5, 5.41) is 0. The van der Waals surface area contributed by atoms with Crippen molar-refractivity contribution in [3.8, 4) is 0 Å². The fourth-order valence-corrected chi connectivity index (χ4v) is 3.14. The number of hydrogen-bond donors (Lipinski definition) is 1. The van der Waals surface area contributed by atoms with Crippen molar-refractivity contribution >= 4 is 5.91 Å². The van der Waals surface area contributed by atoms with Gasteiger partial charge in [-0.05, 0) is 38.3 Å². The number of nitrogens with one attached hydrogen (secondary N) is 1. The van der Waals surface area contributed by atoms with Crippen LogP contribution < -0.4 is 5.56 Å². The Hall–Kier alpha value is -2.64. The molecule has 1 aromatic heterocycles. The van der Waals surface area contributed by atoms with Gasteiger partial charge in [-0.15, -0.1) is 0 Å². The molecule has 27 heavy (non-hydrogen) atoms. The Morgan fingerprint density at radius 1 is 1.26 bits per heavy atom. The predicted octanol–water partition coefficient (Wildman–Crippen LogP) is 3.14. The molecule has 0 aliphatic heterocycles. The number of aryl methyl sites for hydroxylation is 2. The number of hydrogen-bond acceptors (Lipinski definition) is 3. The Morgan fingerprint density at radius 3 is 2.52 bits per heavy atom. The van der Waals surface area contributed by atoms with E-state index in [1.54, 1.807) is 13.8 Å². The minimum Gasteiger partial charge on any atom is -0.335 e. The van der Waals surface area contributed by atoms with Gasteiger partial charge in [-0.25, -0.2) is 4.98 Å². The van der Waals surface area contributed by atoms with Crippen molar-refractivity contribution < 1.29 is 18.0 Å². The van der Waals surface area contributed by atoms with Crippen LogP contribution in [0.15, 0.2) is 29.1 Å². The molecular weight excluding hydrogens is 359 g/mol. The molecule has 0 radical (unpaired) electrons. The molecule has 3 rings (SSSR count). The van der Waals surface area contributed by atoms with Crippen molar-refractivity contribution in [3.63, 3.8) is 0 Å². The lowest BCUT2D eigenvalue weighted by atomic mass is 10.1. The first-order chi connectivity index (χ1) is 12.7. The summed E-state index contributed by atoms with van der Waals surface area (Å²) in [6, 6.07) is 5.17. The molecule has 5 nitrogen and oxygen atoms in total. The fourth-order valence-electron chi connectivity index (χ4n) is 3.14. The molecule has 1 heterocycles. The number of aromatic amines is 1. The lowest BCUT2D eigenvalue weighted by Gasteiger charge is -2.24. The van der Waals surface area contributed by atoms with Crippen molar-refractivity contribution in [3.05, 3.63) is 62.8 Å². The molecule has 8 heteroatoms. The second-order valence-corrected chi connectivity index (χ2v) is 6.80. The maximum absolute atomic E-state index is 13.2. The molecule has 1 fully saturated rings. The summed E-state index contributed by atoms with van der Waals surface area (Å²) in [4.78, 5) is 33.1. The van der Waals surface area contributed by atoms with E-state index in [9.17, 15) is 22.8 Å². The average molecular weight is 379 g/mol. The average Bonchev–Trinajstić information content (AvgIpc) is 3.40. The summed E-state index contributed by atoms with van der Waals surface area (Å²) in [6.45, 7) is 3.16. The van der Waals surface area contributed by atoms with E-state index < -0.39 is 11.7 Å². The van der Waals surface area contributed by atoms with Crippen molar-refractivity contribution in [1.82, 2.24) is 14.9 Å². The summed E-state index contributed by atoms with van der Waals surface area (Å²) >= 11 is 0. The Morgan fingerprint density at radius 2 is 1.93 bits per heavy atom. The van der Waals surface area contributed by atoms with Gasteiger partial charge in [0.2, 0.25) is 5.91 Å². The molecule has 0 bridgehead atoms. The summed E-state index contributed by atoms with van der Waals surface area (Å²) in [5.74, 6) is 0.0839. The first-order valence-corrected chi connectivity index (χ1v) is 8.67. The van der Waals surface area contributed by atoms with Gasteiger partial charge < -0.3 is 9.88 Å². The number of carbonyl (C=O) groups excluding carboxylic acids is 1. The van der Waals surface area contributed by atoms with Crippen LogP contribution in [0.2, 0.25) is 0 Å². The van der Waals surface area contributed by atoms with Gasteiger partial charge in [-0.1, -0.05) is 18.2 Å². The molecular formula is C19H20F3N3O2. The molecule has 0 unspecified atom stereocenters. The highest BCUT2D eigenvalue weighted by Gasteiger charge is 2.37. The zero-order valence-electron chi connectivity index (χ0n) is 15.1. The molecule has 1 aromatic carbocycles. The maximum atomic E-state index is 13.2. The summed E-state index contributed by atoms with van der Waals surface area (Å²) < 4.78 is 39.7. The third kappa shape index (κ3) is 4.37. The number of nitrogens with zero attached hydrogens (tertiary/aromatic N) is 2. The summed E-state index contributed by atoms with van der Waals surface area (Å²) in [7, 11) is 0. The number of carbonyl (C=O) groups is 1. The van der Waals surface area contributed by atoms with Gasteiger partial charge >= 0.3 is 6.18 Å². The van der Waals surface area contributed by atoms with Crippen molar-refractivity contribution in [2.45, 2.75) is 51.9 Å². The molecule has 1 amide bonds. The molecule has 2 aromatic rings. The van der Waals surface area contributed by atoms with Crippen LogP contribution in [0.4, 0.5) is 13.2 Å². The minimum absolute atomic E-state index is 0.0536. The minimum atomic E-state index is -4.48. The first kappa shape index (κ1) is 19.1. The second-order valence-electron chi connectivity index (χ2n) is 6.80. The Kier molecular flexibility index (Phi) is 5.08. The largest absolute Gasteiger partial charge is 0.416 e. The van der Waals surface area contributed by atoms with Gasteiger partial charge in [-0.3, -0.25) is 9.59 Å². The highest BCUT2D eigenvalue weighted by Crippen LogP contribution is 2.35. The molecule has 1 aliphatic rings. The fraction of sp³-hybridized carbons (Fsp3) is 0.421. The van der Waals surface area contributed by atoms with E-state index in [0.717, 1.165) is 18.9 Å². The first-order valence-electron chi connectivity index (χ1n) is 8.67. The lowest BCUT2D eigenvalue weighted by Crippen LogP contribution is -2.36. The van der Waals surface area contributed by atoms with E-state index in [2.05, 4.69) is 9.97 Å². The standard InChI is InChI=1S/C19H20F3N3O2/c1-11-15(18(27)24-12(2)23-11)9-17(26)25(14-7-8-14)10-13-5-3-4-6-16(13)19(20,21)22/h3-6,14H,7-10H2,1-2H3,(H,23,24,27). The second kappa shape index (κ2) is 7.17. The van der Waals surface area contributed by atoms with E-state index in [1.807, 2.05) is 0 Å². The van der Waals surface area contributed by atoms with Crippen LogP contribution in [0.3, 0.4) is 0 Å². The van der Waals surface area contributed by atoms with Crippen LogP contribution in [-0.4, -0.2) is 26.8 Å². The summed E-state index contributed by atoms with van der Waals surface area (Å²) in [6.07, 6.45) is -3.16. The Labute approximate surface area is 154 Å². The van der Waals surface area contributed by atoms with E-state index in [0.29, 0.717) is 11.5 Å². The number of H-pyrrole nitrogens is 1. The zero-order chi connectivity index (χ0) is 19.8. The van der Waals surface area contributed by atoms with Crippen LogP contribution in [0.1, 0.15) is 41.1 Å². The SMILES string of the molecule is Cc1nc(C)c(CC(=O)N(Cc2ccccc2C(F)(F)F)C2CC2)c(=O)[nH]1. The Balaban J connectivity index is 1.86. The van der Waals surface area contributed by atoms with Crippen molar-refractivity contribution in [2.24, 2.45) is 0 Å². The number of alkyl halides is 3. The van der Waals surface area contributed by atoms with E-state index in [-0.39, 0.29) is 41.6 Å². The van der Waals surface area contributed by atoms with Crippen LogP contribution in [-0.2, 0) is 23.9 Å². The third-order valence-electron chi connectivity index (χ3n) is 4.64. The van der Waals surface area contributed by atoms with E-state index in [1.165, 1.54) is 23.1 Å². The lowest BCUT2D eigenvalue weighted by molar-refractivity contribution is -0.140. The zero-order valence-corrected chi connectivity index (χ0v) is 15.1. The molecule has 0 spiro atoms. The normalized spacial score (nSPS) is 14.3. The monoisotopic (exact) mass is 379 g/mol. The molecule has 0 atom stereocenters. The van der Waals surface area contributed by atoms with Crippen LogP contribution in [0, 0.1) is 13.8 Å². The molecule has 0 saturated heterocycles. The molecule has 1 N–H and O–H groups in total. The number of rotatable bonds is 5. The third-order valence-corrected chi connectivity index (χ3v) is 4.64. The van der Waals surface area contributed by atoms with E-state index >= 15 is 0 Å². The quantitative estimate of drug-likeness (QED) is 0.868. The Bertz CT molecular complexity index is 917. The van der Waals surface area contributed by atoms with Gasteiger partial charge in [0.1, 0.15) is 5.82 Å². The molecule has 1 saturated carbocycles. The van der Waals surface area contributed by atoms with Crippen LogP contribution >= 0.6 is 0 Å². The molecule has 1 aliphatic carbocycles. The van der Waals surface area contributed by atoms with Gasteiger partial charge in [0.25, 0.3) is 5.56 Å². The van der Waals surface area contributed by atoms with Crippen LogP contribution in [0.5, 0.6) is 0 Å². The smallest absolute Gasteiger partial charge is 0.335 e. The summed E-state index contributed by atoms with van der Waals surface area (Å²) in [5.41, 5.74) is -0.372. The highest BCUT2D eigenvalue weighted by atomic mass is 19.4. The molecule has 144 valence electrons. The van der Waals surface area contributed by atoms with Crippen molar-refractivity contribution in [2.75, 3.05) is 0 Å². The number of halogens is 3. The van der Waals surface area contributed by atoms with E-state index in [4.69, 9.17) is 0 Å². The van der Waals surface area contributed by atoms with Gasteiger partial charge in [-0.2, -0.15) is 13.2 Å². The number of amides is 1. The topological polar surface area (TPSA) is 66.1 Å². The predicted molar refractivity (Wildman–Crippen MR) is 93.1 cm³/mol.